The van der Waals surface area contributed by atoms with Crippen molar-refractivity contribution in [1.29, 1.82) is 0 Å². The Bertz CT molecular complexity index is 716. The minimum Gasteiger partial charge on any atom is -0.324 e. The van der Waals surface area contributed by atoms with E-state index >= 15 is 0 Å². The SMILES string of the molecule is Cc1cn(-c2ccccc2)c(Nc2cnccc2C)n1. The molecule has 100 valence electrons. The topological polar surface area (TPSA) is 42.7 Å². The summed E-state index contributed by atoms with van der Waals surface area (Å²) in [4.78, 5) is 8.70. The lowest BCUT2D eigenvalue weighted by Crippen LogP contribution is -2.02. The van der Waals surface area contributed by atoms with Crippen molar-refractivity contribution in [2.24, 2.45) is 0 Å². The van der Waals surface area contributed by atoms with Crippen molar-refractivity contribution in [3.63, 3.8) is 0 Å². The summed E-state index contributed by atoms with van der Waals surface area (Å²) in [6, 6.07) is 12.1. The third kappa shape index (κ3) is 2.40. The Hall–Kier alpha value is -2.62. The number of anilines is 2. The quantitative estimate of drug-likeness (QED) is 0.785. The zero-order valence-electron chi connectivity index (χ0n) is 11.5. The number of aryl methyl sites for hydroxylation is 2. The van der Waals surface area contributed by atoms with Crippen LogP contribution in [0.2, 0.25) is 0 Å². The lowest BCUT2D eigenvalue weighted by molar-refractivity contribution is 1.06. The molecule has 0 amide bonds. The van der Waals surface area contributed by atoms with E-state index < -0.39 is 0 Å². The van der Waals surface area contributed by atoms with Gasteiger partial charge in [0.15, 0.2) is 0 Å². The summed E-state index contributed by atoms with van der Waals surface area (Å²) in [5.41, 5.74) is 4.16. The van der Waals surface area contributed by atoms with Crippen LogP contribution in [0.5, 0.6) is 0 Å². The van der Waals surface area contributed by atoms with Crippen LogP contribution < -0.4 is 5.32 Å². The zero-order valence-corrected chi connectivity index (χ0v) is 11.5. The van der Waals surface area contributed by atoms with Gasteiger partial charge in [-0.05, 0) is 37.6 Å². The van der Waals surface area contributed by atoms with Gasteiger partial charge < -0.3 is 5.32 Å². The van der Waals surface area contributed by atoms with Gasteiger partial charge in [0.2, 0.25) is 5.95 Å². The van der Waals surface area contributed by atoms with Gasteiger partial charge in [-0.2, -0.15) is 0 Å². The molecule has 0 saturated carbocycles. The average Bonchev–Trinajstić information content (AvgIpc) is 2.83. The van der Waals surface area contributed by atoms with Crippen molar-refractivity contribution >= 4 is 11.6 Å². The van der Waals surface area contributed by atoms with Gasteiger partial charge in [0.1, 0.15) is 0 Å². The van der Waals surface area contributed by atoms with Gasteiger partial charge in [0.25, 0.3) is 0 Å². The molecule has 0 aliphatic carbocycles. The molecule has 0 bridgehead atoms. The summed E-state index contributed by atoms with van der Waals surface area (Å²) < 4.78 is 2.04. The molecule has 3 aromatic rings. The normalized spacial score (nSPS) is 10.5. The van der Waals surface area contributed by atoms with E-state index in [1.165, 1.54) is 0 Å². The third-order valence-corrected chi connectivity index (χ3v) is 3.15. The van der Waals surface area contributed by atoms with E-state index in [1.807, 2.05) is 55.1 Å². The molecule has 20 heavy (non-hydrogen) atoms. The van der Waals surface area contributed by atoms with E-state index in [-0.39, 0.29) is 0 Å². The molecule has 0 aliphatic rings. The summed E-state index contributed by atoms with van der Waals surface area (Å²) >= 11 is 0. The molecule has 4 heteroatoms. The molecule has 3 rings (SSSR count). The molecule has 0 unspecified atom stereocenters. The number of aromatic nitrogens is 3. The number of para-hydroxylation sites is 1. The molecule has 1 aromatic carbocycles. The fourth-order valence-corrected chi connectivity index (χ4v) is 2.09. The maximum absolute atomic E-state index is 4.55. The molecule has 2 aromatic heterocycles. The van der Waals surface area contributed by atoms with Crippen LogP contribution in [0.4, 0.5) is 11.6 Å². The standard InChI is InChI=1S/C16H16N4/c1-12-8-9-17-10-15(12)19-16-18-13(2)11-20(16)14-6-4-3-5-7-14/h3-11H,1-2H3,(H,18,19). The minimum absolute atomic E-state index is 0.796. The molecule has 0 spiro atoms. The fourth-order valence-electron chi connectivity index (χ4n) is 2.09. The largest absolute Gasteiger partial charge is 0.324 e. The molecule has 0 fully saturated rings. The summed E-state index contributed by atoms with van der Waals surface area (Å²) in [6.45, 7) is 4.04. The highest BCUT2D eigenvalue weighted by atomic mass is 15.2. The van der Waals surface area contributed by atoms with Crippen molar-refractivity contribution in [3.8, 4) is 5.69 Å². The Labute approximate surface area is 118 Å². The Morgan fingerprint density at radius 1 is 1.05 bits per heavy atom. The van der Waals surface area contributed by atoms with E-state index in [0.717, 1.165) is 28.6 Å². The number of hydrogen-bond acceptors (Lipinski definition) is 3. The maximum atomic E-state index is 4.55. The number of hydrogen-bond donors (Lipinski definition) is 1. The third-order valence-electron chi connectivity index (χ3n) is 3.15. The van der Waals surface area contributed by atoms with Crippen LogP contribution in [0.15, 0.2) is 55.0 Å². The molecule has 2 heterocycles. The average molecular weight is 264 g/mol. The first kappa shape index (κ1) is 12.4. The van der Waals surface area contributed by atoms with E-state index in [2.05, 4.69) is 27.4 Å². The second-order valence-electron chi connectivity index (χ2n) is 4.73. The summed E-state index contributed by atoms with van der Waals surface area (Å²) in [6.07, 6.45) is 5.62. The summed E-state index contributed by atoms with van der Waals surface area (Å²) in [7, 11) is 0. The Kier molecular flexibility index (Phi) is 3.21. The Balaban J connectivity index is 2.01. The highest BCUT2D eigenvalue weighted by Gasteiger charge is 2.08. The number of nitrogens with one attached hydrogen (secondary N) is 1. The van der Waals surface area contributed by atoms with Gasteiger partial charge >= 0.3 is 0 Å². The highest BCUT2D eigenvalue weighted by molar-refractivity contribution is 5.59. The van der Waals surface area contributed by atoms with Gasteiger partial charge in [0, 0.05) is 18.1 Å². The van der Waals surface area contributed by atoms with Crippen molar-refractivity contribution in [3.05, 3.63) is 66.2 Å². The molecule has 0 atom stereocenters. The minimum atomic E-state index is 0.796. The molecule has 1 N–H and O–H groups in total. The molecule has 0 aliphatic heterocycles. The second kappa shape index (κ2) is 5.17. The molecule has 0 radical (unpaired) electrons. The smallest absolute Gasteiger partial charge is 0.212 e. The van der Waals surface area contributed by atoms with E-state index in [0.29, 0.717) is 0 Å². The van der Waals surface area contributed by atoms with E-state index in [9.17, 15) is 0 Å². The molecular weight excluding hydrogens is 248 g/mol. The van der Waals surface area contributed by atoms with Gasteiger partial charge in [0.05, 0.1) is 17.6 Å². The summed E-state index contributed by atoms with van der Waals surface area (Å²) in [5.74, 6) is 0.796. The van der Waals surface area contributed by atoms with Crippen LogP contribution in [-0.4, -0.2) is 14.5 Å². The number of rotatable bonds is 3. The van der Waals surface area contributed by atoms with Crippen molar-refractivity contribution < 1.29 is 0 Å². The number of pyridine rings is 1. The zero-order chi connectivity index (χ0) is 13.9. The van der Waals surface area contributed by atoms with Crippen LogP contribution in [0.1, 0.15) is 11.3 Å². The van der Waals surface area contributed by atoms with Crippen LogP contribution in [0.25, 0.3) is 5.69 Å². The van der Waals surface area contributed by atoms with Gasteiger partial charge in [-0.3, -0.25) is 9.55 Å². The van der Waals surface area contributed by atoms with Gasteiger partial charge in [-0.25, -0.2) is 4.98 Å². The second-order valence-corrected chi connectivity index (χ2v) is 4.73. The van der Waals surface area contributed by atoms with Crippen LogP contribution >= 0.6 is 0 Å². The maximum Gasteiger partial charge on any atom is 0.212 e. The summed E-state index contributed by atoms with van der Waals surface area (Å²) in [5, 5.41) is 3.35. The predicted octanol–water partition coefficient (Wildman–Crippen LogP) is 3.63. The lowest BCUT2D eigenvalue weighted by Gasteiger charge is -2.11. The molecule has 4 nitrogen and oxygen atoms in total. The fraction of sp³-hybridized carbons (Fsp3) is 0.125. The van der Waals surface area contributed by atoms with Crippen molar-refractivity contribution in [2.45, 2.75) is 13.8 Å². The van der Waals surface area contributed by atoms with Crippen LogP contribution in [-0.2, 0) is 0 Å². The highest BCUT2D eigenvalue weighted by Crippen LogP contribution is 2.22. The number of imidazole rings is 1. The number of nitrogens with zero attached hydrogens (tertiary/aromatic N) is 3. The van der Waals surface area contributed by atoms with Crippen LogP contribution in [0.3, 0.4) is 0 Å². The first-order valence-electron chi connectivity index (χ1n) is 6.53. The Morgan fingerprint density at radius 3 is 2.60 bits per heavy atom. The van der Waals surface area contributed by atoms with Crippen LogP contribution in [0, 0.1) is 13.8 Å². The lowest BCUT2D eigenvalue weighted by atomic mass is 10.2. The Morgan fingerprint density at radius 2 is 1.85 bits per heavy atom. The van der Waals surface area contributed by atoms with E-state index in [1.54, 1.807) is 6.20 Å². The van der Waals surface area contributed by atoms with Crippen molar-refractivity contribution in [2.75, 3.05) is 5.32 Å². The van der Waals surface area contributed by atoms with E-state index in [4.69, 9.17) is 0 Å². The number of benzene rings is 1. The predicted molar refractivity (Wildman–Crippen MR) is 80.6 cm³/mol. The first-order valence-corrected chi connectivity index (χ1v) is 6.53. The molecular formula is C16H16N4. The first-order chi connectivity index (χ1) is 9.74. The van der Waals surface area contributed by atoms with Gasteiger partial charge in [-0.15, -0.1) is 0 Å². The molecule has 0 saturated heterocycles. The van der Waals surface area contributed by atoms with Crippen molar-refractivity contribution in [1.82, 2.24) is 14.5 Å². The monoisotopic (exact) mass is 264 g/mol. The van der Waals surface area contributed by atoms with Gasteiger partial charge in [-0.1, -0.05) is 18.2 Å².